The molecule has 0 aliphatic carbocycles. The quantitative estimate of drug-likeness (QED) is 0.552. The first-order valence-corrected chi connectivity index (χ1v) is 9.73. The van der Waals surface area contributed by atoms with Gasteiger partial charge in [-0.15, -0.1) is 0 Å². The van der Waals surface area contributed by atoms with Crippen molar-refractivity contribution in [3.05, 3.63) is 75.8 Å². The van der Waals surface area contributed by atoms with Crippen LogP contribution in [0.5, 0.6) is 5.75 Å². The van der Waals surface area contributed by atoms with Crippen LogP contribution in [0.2, 0.25) is 5.02 Å². The van der Waals surface area contributed by atoms with Gasteiger partial charge in [0.05, 0.1) is 17.1 Å². The first kappa shape index (κ1) is 20.9. The third-order valence-corrected chi connectivity index (χ3v) is 4.87. The molecule has 1 aromatic heterocycles. The second-order valence-corrected chi connectivity index (χ2v) is 7.15. The summed E-state index contributed by atoms with van der Waals surface area (Å²) in [6.45, 7) is 3.85. The number of carbonyl (C=O) groups is 1. The molecule has 0 bridgehead atoms. The molecule has 1 heterocycles. The van der Waals surface area contributed by atoms with Gasteiger partial charge in [-0.25, -0.2) is 9.07 Å². The highest BCUT2D eigenvalue weighted by atomic mass is 35.5. The summed E-state index contributed by atoms with van der Waals surface area (Å²) in [7, 11) is 0. The maximum absolute atomic E-state index is 14.9. The monoisotopic (exact) mass is 416 g/mol. The molecule has 0 saturated carbocycles. The summed E-state index contributed by atoms with van der Waals surface area (Å²) in [5.74, 6) is -1.20. The van der Waals surface area contributed by atoms with E-state index >= 15 is 0 Å². The van der Waals surface area contributed by atoms with Crippen LogP contribution in [-0.4, -0.2) is 20.9 Å². The van der Waals surface area contributed by atoms with Crippen molar-refractivity contribution in [1.82, 2.24) is 9.78 Å². The molecule has 7 heteroatoms. The van der Waals surface area contributed by atoms with E-state index in [1.54, 1.807) is 28.9 Å². The Kier molecular flexibility index (Phi) is 6.54. The maximum atomic E-state index is 14.9. The molecule has 3 aromatic rings. The van der Waals surface area contributed by atoms with E-state index in [9.17, 15) is 9.18 Å². The van der Waals surface area contributed by atoms with Crippen molar-refractivity contribution in [3.8, 4) is 11.4 Å². The van der Waals surface area contributed by atoms with E-state index in [1.807, 2.05) is 32.0 Å². The van der Waals surface area contributed by atoms with Gasteiger partial charge in [0.2, 0.25) is 0 Å². The highest BCUT2D eigenvalue weighted by Crippen LogP contribution is 2.27. The molecular formula is C22H22ClFN2O3. The molecule has 0 aliphatic rings. The lowest BCUT2D eigenvalue weighted by Crippen LogP contribution is -2.08. The first-order valence-electron chi connectivity index (χ1n) is 9.35. The molecule has 2 aromatic carbocycles. The number of aromatic nitrogens is 2. The van der Waals surface area contributed by atoms with Gasteiger partial charge >= 0.3 is 5.97 Å². The van der Waals surface area contributed by atoms with Gasteiger partial charge in [-0.05, 0) is 67.3 Å². The fourth-order valence-corrected chi connectivity index (χ4v) is 3.35. The summed E-state index contributed by atoms with van der Waals surface area (Å²) in [5, 5.41) is 14.0. The summed E-state index contributed by atoms with van der Waals surface area (Å²) >= 11 is 5.96. The number of aliphatic carboxylic acids is 1. The van der Waals surface area contributed by atoms with Crippen LogP contribution in [-0.2, 0) is 24.2 Å². The number of hydrogen-bond acceptors (Lipinski definition) is 3. The van der Waals surface area contributed by atoms with E-state index in [-0.39, 0.29) is 25.2 Å². The number of ether oxygens (including phenoxy) is 1. The third-order valence-electron chi connectivity index (χ3n) is 4.62. The number of benzene rings is 2. The second kappa shape index (κ2) is 9.09. The maximum Gasteiger partial charge on any atom is 0.303 e. The Hall–Kier alpha value is -2.86. The van der Waals surface area contributed by atoms with Gasteiger partial charge in [0, 0.05) is 11.4 Å². The number of aryl methyl sites for hydroxylation is 2. The lowest BCUT2D eigenvalue weighted by molar-refractivity contribution is -0.136. The van der Waals surface area contributed by atoms with E-state index in [0.717, 1.165) is 17.1 Å². The first-order chi connectivity index (χ1) is 13.9. The van der Waals surface area contributed by atoms with Gasteiger partial charge in [0.25, 0.3) is 0 Å². The van der Waals surface area contributed by atoms with E-state index in [1.165, 1.54) is 0 Å². The Morgan fingerprint density at radius 3 is 2.62 bits per heavy atom. The average Bonchev–Trinajstić information content (AvgIpc) is 3.06. The molecule has 0 atom stereocenters. The van der Waals surface area contributed by atoms with Crippen molar-refractivity contribution >= 4 is 17.6 Å². The zero-order valence-corrected chi connectivity index (χ0v) is 17.0. The minimum atomic E-state index is -0.904. The smallest absolute Gasteiger partial charge is 0.303 e. The predicted molar refractivity (Wildman–Crippen MR) is 109 cm³/mol. The minimum absolute atomic E-state index is 0.0355. The van der Waals surface area contributed by atoms with Crippen LogP contribution in [0.25, 0.3) is 5.69 Å². The van der Waals surface area contributed by atoms with Crippen molar-refractivity contribution in [1.29, 1.82) is 0 Å². The third kappa shape index (κ3) is 4.95. The molecule has 1 N–H and O–H groups in total. The fourth-order valence-electron chi connectivity index (χ4n) is 3.22. The SMILES string of the molecule is CCc1c(CCC(=O)O)ccc(OCc2cc(C)nn2-c2ccc(Cl)cc2)c1F. The number of carboxylic acid groups (broad SMARTS) is 1. The molecule has 0 radical (unpaired) electrons. The highest BCUT2D eigenvalue weighted by Gasteiger charge is 2.15. The molecular weight excluding hydrogens is 395 g/mol. The predicted octanol–water partition coefficient (Wildman–Crippen LogP) is 5.13. The lowest BCUT2D eigenvalue weighted by atomic mass is 10.00. The molecule has 0 spiro atoms. The van der Waals surface area contributed by atoms with E-state index < -0.39 is 11.8 Å². The van der Waals surface area contributed by atoms with Crippen LogP contribution in [0, 0.1) is 12.7 Å². The summed E-state index contributed by atoms with van der Waals surface area (Å²) in [6.07, 6.45) is 0.713. The normalized spacial score (nSPS) is 10.9. The fraction of sp³-hybridized carbons (Fsp3) is 0.273. The molecule has 5 nitrogen and oxygen atoms in total. The zero-order chi connectivity index (χ0) is 21.0. The molecule has 0 aliphatic heterocycles. The van der Waals surface area contributed by atoms with Crippen molar-refractivity contribution in [2.45, 2.75) is 39.7 Å². The second-order valence-electron chi connectivity index (χ2n) is 6.72. The summed E-state index contributed by atoms with van der Waals surface area (Å²) in [4.78, 5) is 10.8. The van der Waals surface area contributed by atoms with Gasteiger partial charge < -0.3 is 9.84 Å². The number of hydrogen-bond donors (Lipinski definition) is 1. The lowest BCUT2D eigenvalue weighted by Gasteiger charge is -2.14. The van der Waals surface area contributed by atoms with E-state index in [2.05, 4.69) is 5.10 Å². The van der Waals surface area contributed by atoms with Crippen molar-refractivity contribution in [2.24, 2.45) is 0 Å². The van der Waals surface area contributed by atoms with Crippen LogP contribution >= 0.6 is 11.6 Å². The van der Waals surface area contributed by atoms with Crippen LogP contribution in [0.4, 0.5) is 4.39 Å². The topological polar surface area (TPSA) is 64.3 Å². The molecule has 152 valence electrons. The van der Waals surface area contributed by atoms with Gasteiger partial charge in [0.15, 0.2) is 11.6 Å². The molecule has 29 heavy (non-hydrogen) atoms. The Balaban J connectivity index is 1.81. The van der Waals surface area contributed by atoms with Gasteiger partial charge in [-0.1, -0.05) is 24.6 Å². The van der Waals surface area contributed by atoms with Gasteiger partial charge in [0.1, 0.15) is 6.61 Å². The Morgan fingerprint density at radius 1 is 1.24 bits per heavy atom. The van der Waals surface area contributed by atoms with Crippen LogP contribution in [0.3, 0.4) is 0 Å². The molecule has 3 rings (SSSR count). The number of rotatable bonds is 8. The number of nitrogens with zero attached hydrogens (tertiary/aromatic N) is 2. The highest BCUT2D eigenvalue weighted by molar-refractivity contribution is 6.30. The Morgan fingerprint density at radius 2 is 1.97 bits per heavy atom. The van der Waals surface area contributed by atoms with Crippen molar-refractivity contribution < 1.29 is 19.0 Å². The van der Waals surface area contributed by atoms with Crippen molar-refractivity contribution in [3.63, 3.8) is 0 Å². The number of halogens is 2. The van der Waals surface area contributed by atoms with E-state index in [0.29, 0.717) is 22.6 Å². The van der Waals surface area contributed by atoms with Crippen LogP contribution < -0.4 is 4.74 Å². The molecule has 0 saturated heterocycles. The molecule has 0 amide bonds. The van der Waals surface area contributed by atoms with E-state index in [4.69, 9.17) is 21.4 Å². The van der Waals surface area contributed by atoms with Gasteiger partial charge in [-0.2, -0.15) is 5.10 Å². The summed E-state index contributed by atoms with van der Waals surface area (Å²) < 4.78 is 22.4. The van der Waals surface area contributed by atoms with Crippen LogP contribution in [0.1, 0.15) is 35.9 Å². The molecule has 0 unspecified atom stereocenters. The largest absolute Gasteiger partial charge is 0.484 e. The summed E-state index contributed by atoms with van der Waals surface area (Å²) in [5.41, 5.74) is 3.61. The zero-order valence-electron chi connectivity index (χ0n) is 16.3. The summed E-state index contributed by atoms with van der Waals surface area (Å²) in [6, 6.07) is 12.4. The Labute approximate surface area is 173 Å². The standard InChI is InChI=1S/C22H22ClFN2O3/c1-3-19-15(5-11-21(27)28)4-10-20(22(19)24)29-13-18-12-14(2)25-26(18)17-8-6-16(23)7-9-17/h4,6-10,12H,3,5,11,13H2,1-2H3,(H,27,28). The minimum Gasteiger partial charge on any atom is -0.484 e. The average molecular weight is 417 g/mol. The number of carboxylic acids is 1. The van der Waals surface area contributed by atoms with Gasteiger partial charge in [-0.3, -0.25) is 4.79 Å². The van der Waals surface area contributed by atoms with Crippen molar-refractivity contribution in [2.75, 3.05) is 0 Å². The Bertz CT molecular complexity index is 1020. The molecule has 0 fully saturated rings. The van der Waals surface area contributed by atoms with Crippen LogP contribution in [0.15, 0.2) is 42.5 Å².